The Hall–Kier alpha value is -2.58. The molecule has 1 amide bonds. The van der Waals surface area contributed by atoms with Gasteiger partial charge in [0.15, 0.2) is 0 Å². The van der Waals surface area contributed by atoms with Gasteiger partial charge in [-0.1, -0.05) is 12.1 Å². The molecule has 2 heterocycles. The molecule has 1 N–H and O–H groups in total. The molecule has 0 radical (unpaired) electrons. The average Bonchev–Trinajstić information content (AvgIpc) is 3.13. The van der Waals surface area contributed by atoms with Crippen molar-refractivity contribution in [1.29, 1.82) is 0 Å². The van der Waals surface area contributed by atoms with E-state index >= 15 is 0 Å². The molecule has 0 bridgehead atoms. The smallest absolute Gasteiger partial charge is 0.255 e. The molecule has 7 nitrogen and oxygen atoms in total. The number of benzene rings is 2. The SMILES string of the molecule is O=C(Nc1ccccc1OCC1CCCCO1)c1ccc(N2CCCS2(=O)=O)cc1. The molecule has 2 saturated heterocycles. The van der Waals surface area contributed by atoms with Crippen molar-refractivity contribution in [3.63, 3.8) is 0 Å². The lowest BCUT2D eigenvalue weighted by Crippen LogP contribution is -2.26. The van der Waals surface area contributed by atoms with Crippen LogP contribution in [0.25, 0.3) is 0 Å². The maximum atomic E-state index is 12.7. The Kier molecular flexibility index (Phi) is 6.24. The Labute approximate surface area is 177 Å². The summed E-state index contributed by atoms with van der Waals surface area (Å²) in [6, 6.07) is 13.9. The first-order valence-corrected chi connectivity index (χ1v) is 11.9. The molecule has 2 aliphatic rings. The van der Waals surface area contributed by atoms with Crippen molar-refractivity contribution in [3.05, 3.63) is 54.1 Å². The fraction of sp³-hybridized carbons (Fsp3) is 0.409. The molecule has 0 spiro atoms. The number of anilines is 2. The minimum absolute atomic E-state index is 0.0805. The summed E-state index contributed by atoms with van der Waals surface area (Å²) < 4.78 is 37.1. The first-order valence-electron chi connectivity index (χ1n) is 10.3. The van der Waals surface area contributed by atoms with Gasteiger partial charge in [0.05, 0.1) is 23.2 Å². The van der Waals surface area contributed by atoms with Gasteiger partial charge >= 0.3 is 0 Å². The Morgan fingerprint density at radius 3 is 2.60 bits per heavy atom. The van der Waals surface area contributed by atoms with Gasteiger partial charge in [-0.3, -0.25) is 9.10 Å². The van der Waals surface area contributed by atoms with Crippen LogP contribution in [0, 0.1) is 0 Å². The largest absolute Gasteiger partial charge is 0.489 e. The van der Waals surface area contributed by atoms with Crippen LogP contribution in [-0.2, 0) is 14.8 Å². The summed E-state index contributed by atoms with van der Waals surface area (Å²) >= 11 is 0. The van der Waals surface area contributed by atoms with Gasteiger partial charge in [0.2, 0.25) is 10.0 Å². The van der Waals surface area contributed by atoms with E-state index in [1.165, 1.54) is 4.31 Å². The molecule has 1 unspecified atom stereocenters. The molecule has 0 aliphatic carbocycles. The maximum Gasteiger partial charge on any atom is 0.255 e. The van der Waals surface area contributed by atoms with E-state index in [2.05, 4.69) is 5.32 Å². The van der Waals surface area contributed by atoms with Crippen LogP contribution in [0.15, 0.2) is 48.5 Å². The summed E-state index contributed by atoms with van der Waals surface area (Å²) in [5.41, 5.74) is 1.62. The van der Waals surface area contributed by atoms with Gasteiger partial charge in [-0.05, 0) is 62.1 Å². The second-order valence-electron chi connectivity index (χ2n) is 7.54. The third-order valence-corrected chi connectivity index (χ3v) is 7.22. The molecule has 2 aliphatic heterocycles. The zero-order valence-corrected chi connectivity index (χ0v) is 17.6. The van der Waals surface area contributed by atoms with Gasteiger partial charge in [-0.25, -0.2) is 8.42 Å². The number of carbonyl (C=O) groups excluding carboxylic acids is 1. The quantitative estimate of drug-likeness (QED) is 0.759. The highest BCUT2D eigenvalue weighted by atomic mass is 32.2. The summed E-state index contributed by atoms with van der Waals surface area (Å²) in [4.78, 5) is 12.7. The minimum atomic E-state index is -3.24. The number of nitrogens with one attached hydrogen (secondary N) is 1. The van der Waals surface area contributed by atoms with Crippen molar-refractivity contribution in [2.45, 2.75) is 31.8 Å². The Bertz CT molecular complexity index is 985. The molecule has 0 saturated carbocycles. The standard InChI is InChI=1S/C22H26N2O5S/c25-22(17-9-11-18(12-10-17)24-13-5-15-30(24,26)27)23-20-7-1-2-8-21(20)29-16-19-6-3-4-14-28-19/h1-2,7-12,19H,3-6,13-16H2,(H,23,25). The van der Waals surface area contributed by atoms with Crippen molar-refractivity contribution >= 4 is 27.3 Å². The second-order valence-corrected chi connectivity index (χ2v) is 9.55. The summed E-state index contributed by atoms with van der Waals surface area (Å²) in [5, 5.41) is 2.88. The van der Waals surface area contributed by atoms with Gasteiger partial charge in [0.1, 0.15) is 12.4 Å². The van der Waals surface area contributed by atoms with Crippen LogP contribution < -0.4 is 14.4 Å². The zero-order valence-electron chi connectivity index (χ0n) is 16.7. The van der Waals surface area contributed by atoms with Gasteiger partial charge in [-0.15, -0.1) is 0 Å². The molecular formula is C22H26N2O5S. The molecule has 160 valence electrons. The summed E-state index contributed by atoms with van der Waals surface area (Å²) in [5.74, 6) is 0.480. The van der Waals surface area contributed by atoms with Crippen LogP contribution in [-0.4, -0.2) is 45.9 Å². The van der Waals surface area contributed by atoms with Crippen LogP contribution in [0.5, 0.6) is 5.75 Å². The van der Waals surface area contributed by atoms with Crippen molar-refractivity contribution in [1.82, 2.24) is 0 Å². The molecular weight excluding hydrogens is 404 g/mol. The van der Waals surface area contributed by atoms with Crippen LogP contribution in [0.4, 0.5) is 11.4 Å². The fourth-order valence-electron chi connectivity index (χ4n) is 3.72. The van der Waals surface area contributed by atoms with E-state index in [9.17, 15) is 13.2 Å². The number of sulfonamides is 1. The summed E-state index contributed by atoms with van der Waals surface area (Å²) in [6.07, 6.45) is 3.91. The zero-order chi connectivity index (χ0) is 21.0. The van der Waals surface area contributed by atoms with Crippen molar-refractivity contribution in [2.24, 2.45) is 0 Å². The lowest BCUT2D eigenvalue weighted by Gasteiger charge is -2.23. The maximum absolute atomic E-state index is 12.7. The highest BCUT2D eigenvalue weighted by Crippen LogP contribution is 2.27. The van der Waals surface area contributed by atoms with E-state index in [1.54, 1.807) is 30.3 Å². The number of hydrogen-bond donors (Lipinski definition) is 1. The van der Waals surface area contributed by atoms with Gasteiger partial charge in [0, 0.05) is 18.7 Å². The van der Waals surface area contributed by atoms with Crippen LogP contribution in [0.2, 0.25) is 0 Å². The first kappa shape index (κ1) is 20.7. The topological polar surface area (TPSA) is 84.9 Å². The van der Waals surface area contributed by atoms with E-state index < -0.39 is 10.0 Å². The number of hydrogen-bond acceptors (Lipinski definition) is 5. The van der Waals surface area contributed by atoms with Crippen molar-refractivity contribution < 1.29 is 22.7 Å². The Morgan fingerprint density at radius 1 is 1.10 bits per heavy atom. The molecule has 2 aromatic carbocycles. The van der Waals surface area contributed by atoms with E-state index in [0.29, 0.717) is 42.3 Å². The third kappa shape index (κ3) is 4.76. The summed E-state index contributed by atoms with van der Waals surface area (Å²) in [6.45, 7) is 1.69. The molecule has 1 atom stereocenters. The highest BCUT2D eigenvalue weighted by molar-refractivity contribution is 7.93. The molecule has 0 aromatic heterocycles. The molecule has 2 aromatic rings. The van der Waals surface area contributed by atoms with Crippen molar-refractivity contribution in [3.8, 4) is 5.75 Å². The van der Waals surface area contributed by atoms with E-state index in [-0.39, 0.29) is 17.8 Å². The average molecular weight is 431 g/mol. The normalized spacial score (nSPS) is 20.7. The predicted octanol–water partition coefficient (Wildman–Crippen LogP) is 3.43. The minimum Gasteiger partial charge on any atom is -0.489 e. The highest BCUT2D eigenvalue weighted by Gasteiger charge is 2.28. The number of para-hydroxylation sites is 2. The molecule has 30 heavy (non-hydrogen) atoms. The van der Waals surface area contributed by atoms with E-state index in [4.69, 9.17) is 9.47 Å². The number of amides is 1. The van der Waals surface area contributed by atoms with Crippen LogP contribution >= 0.6 is 0 Å². The predicted molar refractivity (Wildman–Crippen MR) is 116 cm³/mol. The Morgan fingerprint density at radius 2 is 1.90 bits per heavy atom. The number of rotatable bonds is 6. The van der Waals surface area contributed by atoms with Gasteiger partial charge < -0.3 is 14.8 Å². The van der Waals surface area contributed by atoms with Crippen LogP contribution in [0.1, 0.15) is 36.0 Å². The lowest BCUT2D eigenvalue weighted by atomic mass is 10.1. The van der Waals surface area contributed by atoms with Gasteiger partial charge in [0.25, 0.3) is 5.91 Å². The second kappa shape index (κ2) is 9.06. The number of nitrogens with zero attached hydrogens (tertiary/aromatic N) is 1. The molecule has 8 heteroatoms. The fourth-order valence-corrected chi connectivity index (χ4v) is 5.28. The van der Waals surface area contributed by atoms with Crippen LogP contribution in [0.3, 0.4) is 0 Å². The van der Waals surface area contributed by atoms with Crippen molar-refractivity contribution in [2.75, 3.05) is 35.1 Å². The third-order valence-electron chi connectivity index (χ3n) is 5.35. The van der Waals surface area contributed by atoms with Gasteiger partial charge in [-0.2, -0.15) is 0 Å². The van der Waals surface area contributed by atoms with E-state index in [0.717, 1.165) is 25.9 Å². The summed E-state index contributed by atoms with van der Waals surface area (Å²) in [7, 11) is -3.24. The molecule has 4 rings (SSSR count). The number of carbonyl (C=O) groups is 1. The van der Waals surface area contributed by atoms with E-state index in [1.807, 2.05) is 18.2 Å². The molecule has 2 fully saturated rings. The first-order chi connectivity index (χ1) is 14.5. The monoisotopic (exact) mass is 430 g/mol. The lowest BCUT2D eigenvalue weighted by molar-refractivity contribution is -0.0109. The number of ether oxygens (including phenoxy) is 2. The Balaban J connectivity index is 1.41.